The summed E-state index contributed by atoms with van der Waals surface area (Å²) in [6.07, 6.45) is 3.23. The summed E-state index contributed by atoms with van der Waals surface area (Å²) in [5.41, 5.74) is 2.51. The second-order valence-electron chi connectivity index (χ2n) is 8.16. The predicted octanol–water partition coefficient (Wildman–Crippen LogP) is 3.87. The monoisotopic (exact) mass is 462 g/mol. The van der Waals surface area contributed by atoms with E-state index in [1.807, 2.05) is 36.6 Å². The number of nitrogens with zero attached hydrogens (tertiary/aromatic N) is 2. The van der Waals surface area contributed by atoms with Gasteiger partial charge in [-0.2, -0.15) is 0 Å². The molecule has 1 aliphatic heterocycles. The lowest BCUT2D eigenvalue weighted by atomic mass is 9.96. The summed E-state index contributed by atoms with van der Waals surface area (Å²) in [6.45, 7) is 3.35. The predicted molar refractivity (Wildman–Crippen MR) is 128 cm³/mol. The van der Waals surface area contributed by atoms with Gasteiger partial charge in [-0.1, -0.05) is 24.3 Å². The molecule has 1 fully saturated rings. The van der Waals surface area contributed by atoms with Gasteiger partial charge in [0.25, 0.3) is 11.8 Å². The minimum absolute atomic E-state index is 0.0878. The van der Waals surface area contributed by atoms with Gasteiger partial charge in [0.05, 0.1) is 10.8 Å². The molecule has 0 spiro atoms. The Morgan fingerprint density at radius 1 is 1.12 bits per heavy atom. The van der Waals surface area contributed by atoms with Gasteiger partial charge >= 0.3 is 0 Å². The summed E-state index contributed by atoms with van der Waals surface area (Å²) in [4.78, 5) is 44.4. The van der Waals surface area contributed by atoms with Crippen molar-refractivity contribution in [3.8, 4) is 0 Å². The molecule has 1 aromatic carbocycles. The fourth-order valence-corrected chi connectivity index (χ4v) is 4.41. The molecule has 1 unspecified atom stereocenters. The van der Waals surface area contributed by atoms with E-state index in [0.29, 0.717) is 35.9 Å². The molecule has 1 atom stereocenters. The summed E-state index contributed by atoms with van der Waals surface area (Å²) in [7, 11) is 0. The number of carbonyl (C=O) groups excluding carboxylic acids is 3. The normalized spacial score (nSPS) is 15.7. The summed E-state index contributed by atoms with van der Waals surface area (Å²) < 4.78 is 0. The first-order chi connectivity index (χ1) is 16.0. The lowest BCUT2D eigenvalue weighted by Gasteiger charge is -2.32. The van der Waals surface area contributed by atoms with Gasteiger partial charge in [-0.05, 0) is 60.5 Å². The number of aromatic nitrogens is 1. The van der Waals surface area contributed by atoms with E-state index in [-0.39, 0.29) is 23.6 Å². The average Bonchev–Trinajstić information content (AvgIpc) is 3.39. The molecule has 4 rings (SSSR count). The first-order valence-corrected chi connectivity index (χ1v) is 11.8. The van der Waals surface area contributed by atoms with Crippen LogP contribution >= 0.6 is 11.3 Å². The van der Waals surface area contributed by atoms with Gasteiger partial charge in [-0.3, -0.25) is 14.4 Å². The molecule has 2 N–H and O–H groups in total. The zero-order valence-corrected chi connectivity index (χ0v) is 19.2. The second-order valence-corrected chi connectivity index (χ2v) is 9.10. The van der Waals surface area contributed by atoms with Gasteiger partial charge < -0.3 is 15.5 Å². The van der Waals surface area contributed by atoms with E-state index in [1.54, 1.807) is 35.4 Å². The van der Waals surface area contributed by atoms with Crippen LogP contribution in [0.4, 0.5) is 5.82 Å². The van der Waals surface area contributed by atoms with Crippen molar-refractivity contribution in [2.75, 3.05) is 18.4 Å². The number of hydrogen-bond acceptors (Lipinski definition) is 5. The number of thiophene rings is 1. The van der Waals surface area contributed by atoms with Crippen LogP contribution in [0, 0.1) is 12.8 Å². The summed E-state index contributed by atoms with van der Waals surface area (Å²) >= 11 is 1.40. The maximum Gasteiger partial charge on any atom is 0.261 e. The number of carbonyl (C=O) groups is 3. The maximum absolute atomic E-state index is 13.0. The van der Waals surface area contributed by atoms with E-state index < -0.39 is 0 Å². The van der Waals surface area contributed by atoms with Crippen LogP contribution in [-0.4, -0.2) is 40.7 Å². The number of anilines is 1. The fourth-order valence-electron chi connectivity index (χ4n) is 3.77. The highest BCUT2D eigenvalue weighted by Crippen LogP contribution is 2.21. The van der Waals surface area contributed by atoms with Gasteiger partial charge in [0.15, 0.2) is 0 Å². The summed E-state index contributed by atoms with van der Waals surface area (Å²) in [6, 6.07) is 14.5. The topological polar surface area (TPSA) is 91.4 Å². The Morgan fingerprint density at radius 3 is 2.64 bits per heavy atom. The molecule has 0 radical (unpaired) electrons. The average molecular weight is 463 g/mol. The zero-order valence-electron chi connectivity index (χ0n) is 18.4. The summed E-state index contributed by atoms with van der Waals surface area (Å²) in [5.74, 6) is -0.0483. The molecule has 170 valence electrons. The lowest BCUT2D eigenvalue weighted by molar-refractivity contribution is -0.121. The summed E-state index contributed by atoms with van der Waals surface area (Å²) in [5, 5.41) is 7.60. The molecule has 3 amide bonds. The number of amides is 3. The van der Waals surface area contributed by atoms with Crippen LogP contribution < -0.4 is 10.6 Å². The minimum atomic E-state index is -0.266. The molecule has 1 aliphatic rings. The molecule has 3 heterocycles. The zero-order chi connectivity index (χ0) is 23.2. The number of rotatable bonds is 6. The van der Waals surface area contributed by atoms with Crippen LogP contribution in [-0.2, 0) is 11.3 Å². The SMILES string of the molecule is Cc1ccc(NC(=O)C2CCCN(C(=O)c3ccc(CNC(=O)c4cccs4)cc3)C2)nc1. The Bertz CT molecular complexity index is 1110. The van der Waals surface area contributed by atoms with Crippen LogP contribution in [0.15, 0.2) is 60.1 Å². The third kappa shape index (κ3) is 5.84. The molecule has 33 heavy (non-hydrogen) atoms. The number of benzene rings is 1. The van der Waals surface area contributed by atoms with Crippen LogP contribution in [0.3, 0.4) is 0 Å². The molecule has 7 nitrogen and oxygen atoms in total. The Balaban J connectivity index is 1.31. The Hall–Kier alpha value is -3.52. The molecule has 3 aromatic rings. The van der Waals surface area contributed by atoms with Gasteiger partial charge in [0, 0.05) is 31.4 Å². The molecule has 8 heteroatoms. The van der Waals surface area contributed by atoms with Crippen molar-refractivity contribution >= 4 is 34.9 Å². The van der Waals surface area contributed by atoms with Crippen molar-refractivity contribution in [1.29, 1.82) is 0 Å². The largest absolute Gasteiger partial charge is 0.347 e. The third-order valence-corrected chi connectivity index (χ3v) is 6.51. The molecule has 1 saturated heterocycles. The molecular weight excluding hydrogens is 436 g/mol. The van der Waals surface area contributed by atoms with E-state index in [9.17, 15) is 14.4 Å². The highest BCUT2D eigenvalue weighted by atomic mass is 32.1. The van der Waals surface area contributed by atoms with Gasteiger partial charge in [-0.15, -0.1) is 11.3 Å². The van der Waals surface area contributed by atoms with Crippen molar-refractivity contribution in [2.45, 2.75) is 26.3 Å². The number of aryl methyl sites for hydroxylation is 1. The molecule has 0 saturated carbocycles. The number of nitrogens with one attached hydrogen (secondary N) is 2. The maximum atomic E-state index is 13.0. The third-order valence-electron chi connectivity index (χ3n) is 5.64. The Kier molecular flexibility index (Phi) is 7.14. The molecule has 0 aliphatic carbocycles. The fraction of sp³-hybridized carbons (Fsp3) is 0.280. The Labute approximate surface area is 196 Å². The quantitative estimate of drug-likeness (QED) is 0.582. The first kappa shape index (κ1) is 22.7. The van der Waals surface area contributed by atoms with E-state index in [0.717, 1.165) is 24.0 Å². The van der Waals surface area contributed by atoms with Crippen molar-refractivity contribution in [1.82, 2.24) is 15.2 Å². The molecule has 0 bridgehead atoms. The van der Waals surface area contributed by atoms with Crippen LogP contribution in [0.2, 0.25) is 0 Å². The number of pyridine rings is 1. The smallest absolute Gasteiger partial charge is 0.261 e. The van der Waals surface area contributed by atoms with E-state index in [1.165, 1.54) is 11.3 Å². The van der Waals surface area contributed by atoms with E-state index in [4.69, 9.17) is 0 Å². The van der Waals surface area contributed by atoms with Crippen molar-refractivity contribution in [2.24, 2.45) is 5.92 Å². The highest BCUT2D eigenvalue weighted by Gasteiger charge is 2.29. The van der Waals surface area contributed by atoms with Crippen LogP contribution in [0.1, 0.15) is 44.0 Å². The van der Waals surface area contributed by atoms with Gasteiger partial charge in [0.1, 0.15) is 5.82 Å². The number of hydrogen-bond donors (Lipinski definition) is 2. The van der Waals surface area contributed by atoms with Crippen LogP contribution in [0.5, 0.6) is 0 Å². The van der Waals surface area contributed by atoms with Gasteiger partial charge in [0.2, 0.25) is 5.91 Å². The lowest BCUT2D eigenvalue weighted by Crippen LogP contribution is -2.43. The van der Waals surface area contributed by atoms with Crippen molar-refractivity contribution < 1.29 is 14.4 Å². The highest BCUT2D eigenvalue weighted by molar-refractivity contribution is 7.12. The van der Waals surface area contributed by atoms with Crippen LogP contribution in [0.25, 0.3) is 0 Å². The van der Waals surface area contributed by atoms with Gasteiger partial charge in [-0.25, -0.2) is 4.98 Å². The van der Waals surface area contributed by atoms with E-state index >= 15 is 0 Å². The first-order valence-electron chi connectivity index (χ1n) is 10.9. The van der Waals surface area contributed by atoms with E-state index in [2.05, 4.69) is 15.6 Å². The number of likely N-dealkylation sites (tertiary alicyclic amines) is 1. The van der Waals surface area contributed by atoms with Crippen molar-refractivity contribution in [3.05, 3.63) is 81.7 Å². The second kappa shape index (κ2) is 10.4. The molecule has 2 aromatic heterocycles. The standard InChI is InChI=1S/C25H26N4O3S/c1-17-6-11-22(26-14-17)28-23(30)20-4-2-12-29(16-20)25(32)19-9-7-18(8-10-19)15-27-24(31)21-5-3-13-33-21/h3,5-11,13-14,20H,2,4,12,15-16H2,1H3,(H,27,31)(H,26,28,30). The molecular formula is C25H26N4O3S. The van der Waals surface area contributed by atoms with Crippen molar-refractivity contribution in [3.63, 3.8) is 0 Å². The Morgan fingerprint density at radius 2 is 1.94 bits per heavy atom. The number of piperidine rings is 1. The minimum Gasteiger partial charge on any atom is -0.347 e.